The SMILES string of the molecule is COc1ccc2c(O[C@@H]3C[C@H]4C(=O)N[C@]5(C(=O)NS(=O)(=O)C6(C)CC6)C[C@H]5C=CCCCCC[C@H](Nc5ccccc5C)C(=O)N4C3)cc(-c3nc(C(C)C)cs3)nc2c1C. The summed E-state index contributed by atoms with van der Waals surface area (Å²) in [5, 5.41) is 10.0. The van der Waals surface area contributed by atoms with Crippen molar-refractivity contribution in [1.29, 1.82) is 0 Å². The maximum absolute atomic E-state index is 15.0. The first-order chi connectivity index (χ1) is 29.1. The number of aryl methyl sites for hydroxylation is 2. The Morgan fingerprint density at radius 1 is 1.05 bits per heavy atom. The number of carbonyl (C=O) groups is 3. The minimum absolute atomic E-state index is 0.0984. The van der Waals surface area contributed by atoms with Crippen LogP contribution in [0.25, 0.3) is 21.6 Å². The Morgan fingerprint density at radius 3 is 2.56 bits per heavy atom. The lowest BCUT2D eigenvalue weighted by Crippen LogP contribution is -2.58. The van der Waals surface area contributed by atoms with Crippen molar-refractivity contribution >= 4 is 55.7 Å². The summed E-state index contributed by atoms with van der Waals surface area (Å²) in [6.07, 6.45) is 8.45. The number of benzene rings is 2. The number of allylic oxidation sites excluding steroid dienone is 1. The van der Waals surface area contributed by atoms with E-state index < -0.39 is 56.2 Å². The number of rotatable bonds is 10. The number of nitrogens with zero attached hydrogens (tertiary/aromatic N) is 3. The number of anilines is 1. The molecular weight excluding hydrogens is 813 g/mol. The van der Waals surface area contributed by atoms with Crippen LogP contribution in [0.3, 0.4) is 0 Å². The molecule has 2 saturated carbocycles. The van der Waals surface area contributed by atoms with Gasteiger partial charge in [0.05, 0.1) is 29.6 Å². The van der Waals surface area contributed by atoms with Crippen molar-refractivity contribution < 1.29 is 32.3 Å². The topological polar surface area (TPSA) is 169 Å². The molecule has 15 heteroatoms. The largest absolute Gasteiger partial charge is 0.496 e. The van der Waals surface area contributed by atoms with Gasteiger partial charge in [-0.1, -0.05) is 57.0 Å². The number of hydrogen-bond donors (Lipinski definition) is 3. The van der Waals surface area contributed by atoms with Crippen molar-refractivity contribution in [2.45, 2.75) is 127 Å². The van der Waals surface area contributed by atoms with Gasteiger partial charge in [0.1, 0.15) is 45.9 Å². The molecule has 8 rings (SSSR count). The molecule has 3 amide bonds. The van der Waals surface area contributed by atoms with E-state index in [-0.39, 0.29) is 31.2 Å². The van der Waals surface area contributed by atoms with E-state index in [4.69, 9.17) is 19.4 Å². The van der Waals surface area contributed by atoms with E-state index in [9.17, 15) is 22.8 Å². The van der Waals surface area contributed by atoms with Crippen molar-refractivity contribution in [1.82, 2.24) is 24.9 Å². The van der Waals surface area contributed by atoms with E-state index in [0.29, 0.717) is 42.0 Å². The summed E-state index contributed by atoms with van der Waals surface area (Å²) in [7, 11) is -2.36. The van der Waals surface area contributed by atoms with E-state index in [2.05, 4.69) is 29.2 Å². The predicted molar refractivity (Wildman–Crippen MR) is 237 cm³/mol. The lowest BCUT2D eigenvalue weighted by Gasteiger charge is -2.30. The molecule has 0 spiro atoms. The van der Waals surface area contributed by atoms with Crippen LogP contribution in [-0.2, 0) is 24.4 Å². The van der Waals surface area contributed by atoms with E-state index in [1.807, 2.05) is 73.8 Å². The zero-order valence-corrected chi connectivity index (χ0v) is 37.4. The maximum Gasteiger partial charge on any atom is 0.259 e. The molecule has 324 valence electrons. The molecule has 4 heterocycles. The van der Waals surface area contributed by atoms with Crippen LogP contribution < -0.4 is 24.8 Å². The van der Waals surface area contributed by atoms with Crippen LogP contribution in [0.1, 0.15) is 101 Å². The van der Waals surface area contributed by atoms with Gasteiger partial charge in [-0.2, -0.15) is 0 Å². The van der Waals surface area contributed by atoms with Gasteiger partial charge in [0.15, 0.2) is 0 Å². The predicted octanol–water partition coefficient (Wildman–Crippen LogP) is 7.33. The number of hydrogen-bond acceptors (Lipinski definition) is 11. The van der Waals surface area contributed by atoms with Gasteiger partial charge in [0.25, 0.3) is 5.91 Å². The Morgan fingerprint density at radius 2 is 1.84 bits per heavy atom. The Labute approximate surface area is 362 Å². The fourth-order valence-electron chi connectivity index (χ4n) is 8.52. The second-order valence-electron chi connectivity index (χ2n) is 17.7. The molecule has 61 heavy (non-hydrogen) atoms. The first kappa shape index (κ1) is 42.7. The molecule has 5 atom stereocenters. The Bertz CT molecular complexity index is 2500. The van der Waals surface area contributed by atoms with Gasteiger partial charge in [0, 0.05) is 40.4 Å². The molecule has 4 aromatic rings. The molecule has 4 aliphatic rings. The highest BCUT2D eigenvalue weighted by molar-refractivity contribution is 7.91. The van der Waals surface area contributed by atoms with Crippen LogP contribution in [0.5, 0.6) is 11.5 Å². The van der Waals surface area contributed by atoms with E-state index in [1.54, 1.807) is 18.9 Å². The molecule has 1 saturated heterocycles. The number of sulfonamides is 1. The molecular formula is C46H56N6O7S2. The molecule has 3 fully saturated rings. The number of methoxy groups -OCH3 is 1. The zero-order valence-electron chi connectivity index (χ0n) is 35.7. The molecule has 2 aromatic heterocycles. The van der Waals surface area contributed by atoms with Crippen molar-refractivity contribution in [2.75, 3.05) is 19.0 Å². The van der Waals surface area contributed by atoms with E-state index in [0.717, 1.165) is 58.6 Å². The van der Waals surface area contributed by atoms with Crippen LogP contribution in [0.15, 0.2) is 60.0 Å². The molecule has 0 bridgehead atoms. The third-order valence-corrected chi connectivity index (χ3v) is 16.0. The fraction of sp³-hybridized carbons (Fsp3) is 0.500. The fourth-order valence-corrected chi connectivity index (χ4v) is 10.8. The Hall–Kier alpha value is -5.02. The molecule has 3 N–H and O–H groups in total. The number of amides is 3. The van der Waals surface area contributed by atoms with Crippen LogP contribution in [0.2, 0.25) is 0 Å². The van der Waals surface area contributed by atoms with Gasteiger partial charge in [-0.15, -0.1) is 11.3 Å². The lowest BCUT2D eigenvalue weighted by molar-refractivity contribution is -0.140. The number of thiazole rings is 1. The van der Waals surface area contributed by atoms with Crippen LogP contribution in [0, 0.1) is 19.8 Å². The smallest absolute Gasteiger partial charge is 0.259 e. The number of ether oxygens (including phenoxy) is 2. The highest BCUT2D eigenvalue weighted by Crippen LogP contribution is 2.48. The van der Waals surface area contributed by atoms with Gasteiger partial charge >= 0.3 is 0 Å². The van der Waals surface area contributed by atoms with Crippen molar-refractivity contribution in [3.05, 3.63) is 76.8 Å². The van der Waals surface area contributed by atoms with Crippen LogP contribution in [-0.4, -0.2) is 83.1 Å². The van der Waals surface area contributed by atoms with Crippen molar-refractivity contribution in [3.63, 3.8) is 0 Å². The van der Waals surface area contributed by atoms with E-state index in [1.165, 1.54) is 11.3 Å². The van der Waals surface area contributed by atoms with Gasteiger partial charge < -0.3 is 25.0 Å². The Balaban J connectivity index is 1.16. The van der Waals surface area contributed by atoms with Crippen LogP contribution >= 0.6 is 11.3 Å². The number of nitrogens with one attached hydrogen (secondary N) is 3. The minimum Gasteiger partial charge on any atom is -0.496 e. The second kappa shape index (κ2) is 16.7. The summed E-state index contributed by atoms with van der Waals surface area (Å²) in [6.45, 7) is 9.84. The number of fused-ring (bicyclic) bond motifs is 3. The molecule has 2 aliphatic carbocycles. The number of aromatic nitrogens is 2. The molecule has 0 unspecified atom stereocenters. The monoisotopic (exact) mass is 868 g/mol. The normalized spacial score (nSPS) is 25.2. The molecule has 0 radical (unpaired) electrons. The third kappa shape index (κ3) is 8.47. The van der Waals surface area contributed by atoms with E-state index >= 15 is 0 Å². The lowest BCUT2D eigenvalue weighted by atomic mass is 10.0. The summed E-state index contributed by atoms with van der Waals surface area (Å²) < 4.78 is 40.5. The minimum atomic E-state index is -3.98. The average Bonchev–Trinajstić information content (AvgIpc) is 4.00. The zero-order chi connectivity index (χ0) is 43.3. The van der Waals surface area contributed by atoms with Gasteiger partial charge in [-0.05, 0) is 89.0 Å². The standard InChI is InChI=1S/C46H56N6O7S2/c1-27(2)36-26-60-42(49-36)35-23-39(32-18-19-38(58-6)29(4)40(32)48-35)59-31-22-37-41(53)50-46(44(55)51-61(56,57)45(5)20-21-45)24-30(46)15-10-8-7-9-11-17-34(43(54)52(37)25-31)47-33-16-13-12-14-28(33)3/h10,12-16,18-19,23,26-27,30-31,34,37,47H,7-9,11,17,20-22,24-25H2,1-6H3,(H,50,53)(H,51,55)/t30-,31-,34+,37+,46-/m1/s1. The second-order valence-corrected chi connectivity index (χ2v) is 20.8. The van der Waals surface area contributed by atoms with Crippen LogP contribution in [0.4, 0.5) is 5.69 Å². The first-order valence-corrected chi connectivity index (χ1v) is 23.8. The quantitative estimate of drug-likeness (QED) is 0.137. The summed E-state index contributed by atoms with van der Waals surface area (Å²) in [4.78, 5) is 55.3. The average molecular weight is 869 g/mol. The number of para-hydroxylation sites is 1. The highest BCUT2D eigenvalue weighted by Gasteiger charge is 2.63. The number of pyridine rings is 1. The van der Waals surface area contributed by atoms with Crippen molar-refractivity contribution in [3.8, 4) is 22.2 Å². The molecule has 2 aliphatic heterocycles. The van der Waals surface area contributed by atoms with Crippen molar-refractivity contribution in [2.24, 2.45) is 5.92 Å². The summed E-state index contributed by atoms with van der Waals surface area (Å²) in [5.74, 6) is -0.489. The summed E-state index contributed by atoms with van der Waals surface area (Å²) >= 11 is 1.51. The Kier molecular flexibility index (Phi) is 11.7. The maximum atomic E-state index is 15.0. The van der Waals surface area contributed by atoms with Gasteiger partial charge in [0.2, 0.25) is 21.8 Å². The molecule has 13 nitrogen and oxygen atoms in total. The molecule has 2 aromatic carbocycles. The summed E-state index contributed by atoms with van der Waals surface area (Å²) in [5.41, 5.74) is 3.47. The summed E-state index contributed by atoms with van der Waals surface area (Å²) in [6, 6.07) is 11.8. The highest BCUT2D eigenvalue weighted by atomic mass is 32.2. The third-order valence-electron chi connectivity index (χ3n) is 12.9. The van der Waals surface area contributed by atoms with Gasteiger partial charge in [-0.25, -0.2) is 18.4 Å². The van der Waals surface area contributed by atoms with Gasteiger partial charge in [-0.3, -0.25) is 19.1 Å². The number of carbonyl (C=O) groups excluding carboxylic acids is 3. The first-order valence-electron chi connectivity index (χ1n) is 21.4.